The number of aryl methyl sites for hydroxylation is 1. The molecule has 0 saturated heterocycles. The Morgan fingerprint density at radius 2 is 2.05 bits per heavy atom. The number of urea groups is 1. The third-order valence-corrected chi connectivity index (χ3v) is 3.50. The van der Waals surface area contributed by atoms with E-state index in [1.54, 1.807) is 24.3 Å². The zero-order valence-electron chi connectivity index (χ0n) is 11.1. The molecular weight excluding hydrogens is 276 g/mol. The molecule has 2 aromatic rings. The Hall–Kier alpha value is -2.28. The van der Waals surface area contributed by atoms with E-state index in [1.165, 1.54) is 18.3 Å². The zero-order chi connectivity index (χ0) is 14.5. The van der Waals surface area contributed by atoms with Gasteiger partial charge in [0, 0.05) is 11.3 Å². The molecule has 20 heavy (non-hydrogen) atoms. The smallest absolute Gasteiger partial charge is 0.308 e. The Morgan fingerprint density at radius 1 is 1.25 bits per heavy atom. The van der Waals surface area contributed by atoms with Crippen molar-refractivity contribution >= 4 is 34.0 Å². The van der Waals surface area contributed by atoms with Gasteiger partial charge in [0.1, 0.15) is 5.01 Å². The molecule has 0 aliphatic carbocycles. The average Bonchev–Trinajstić information content (AvgIpc) is 2.86. The Labute approximate surface area is 120 Å². The van der Waals surface area contributed by atoms with Gasteiger partial charge in [0.25, 0.3) is 0 Å². The summed E-state index contributed by atoms with van der Waals surface area (Å²) in [7, 11) is 0. The van der Waals surface area contributed by atoms with Crippen molar-refractivity contribution in [2.75, 3.05) is 10.6 Å². The molecule has 104 valence electrons. The van der Waals surface area contributed by atoms with Crippen LogP contribution in [0.25, 0.3) is 0 Å². The van der Waals surface area contributed by atoms with Crippen LogP contribution in [-0.2, 0) is 6.42 Å². The van der Waals surface area contributed by atoms with E-state index >= 15 is 0 Å². The summed E-state index contributed by atoms with van der Waals surface area (Å²) in [5.74, 6) is -0.0502. The van der Waals surface area contributed by atoms with Crippen LogP contribution < -0.4 is 10.6 Å². The number of aromatic nitrogens is 2. The van der Waals surface area contributed by atoms with Crippen molar-refractivity contribution in [2.24, 2.45) is 0 Å². The molecular formula is C13H14N4O2S. The van der Waals surface area contributed by atoms with Crippen molar-refractivity contribution in [3.8, 4) is 0 Å². The number of nitrogens with one attached hydrogen (secondary N) is 2. The molecule has 7 heteroatoms. The second-order valence-electron chi connectivity index (χ2n) is 4.07. The summed E-state index contributed by atoms with van der Waals surface area (Å²) in [6.45, 7) is 3.45. The lowest BCUT2D eigenvalue weighted by Gasteiger charge is -2.06. The lowest BCUT2D eigenvalue weighted by Crippen LogP contribution is -2.19. The number of nitrogens with zero attached hydrogens (tertiary/aromatic N) is 2. The van der Waals surface area contributed by atoms with Crippen molar-refractivity contribution in [2.45, 2.75) is 20.3 Å². The van der Waals surface area contributed by atoms with Crippen LogP contribution in [0.3, 0.4) is 0 Å². The topological polar surface area (TPSA) is 84.0 Å². The molecule has 0 aliphatic rings. The number of ketones is 1. The van der Waals surface area contributed by atoms with Crippen LogP contribution in [0.5, 0.6) is 0 Å². The van der Waals surface area contributed by atoms with Crippen LogP contribution in [0, 0.1) is 0 Å². The summed E-state index contributed by atoms with van der Waals surface area (Å²) in [5.41, 5.74) is 1.10. The minimum Gasteiger partial charge on any atom is -0.308 e. The third kappa shape index (κ3) is 3.61. The molecule has 2 N–H and O–H groups in total. The number of amides is 2. The van der Waals surface area contributed by atoms with Gasteiger partial charge in [0.15, 0.2) is 5.78 Å². The lowest BCUT2D eigenvalue weighted by molar-refractivity contribution is 0.101. The molecule has 1 aromatic carbocycles. The zero-order valence-corrected chi connectivity index (χ0v) is 12.0. The summed E-state index contributed by atoms with van der Waals surface area (Å²) >= 11 is 1.33. The normalized spacial score (nSPS) is 10.1. The largest absolute Gasteiger partial charge is 0.325 e. The molecule has 0 aliphatic heterocycles. The van der Waals surface area contributed by atoms with Crippen LogP contribution in [-0.4, -0.2) is 22.0 Å². The first kappa shape index (κ1) is 14.1. The number of carbonyl (C=O) groups excluding carboxylic acids is 2. The molecule has 0 bridgehead atoms. The second kappa shape index (κ2) is 6.25. The average molecular weight is 290 g/mol. The van der Waals surface area contributed by atoms with E-state index in [1.807, 2.05) is 6.92 Å². The van der Waals surface area contributed by atoms with Crippen molar-refractivity contribution in [1.82, 2.24) is 10.2 Å². The molecule has 0 atom stereocenters. The standard InChI is InChI=1S/C13H14N4O2S/c1-3-11-16-17-13(20-11)15-12(19)14-10-6-4-5-9(7-10)8(2)18/h4-7H,3H2,1-2H3,(H2,14,15,17,19). The van der Waals surface area contributed by atoms with E-state index in [0.717, 1.165) is 11.4 Å². The number of rotatable bonds is 4. The maximum Gasteiger partial charge on any atom is 0.325 e. The second-order valence-corrected chi connectivity index (χ2v) is 5.13. The van der Waals surface area contributed by atoms with Gasteiger partial charge < -0.3 is 5.32 Å². The number of Topliss-reactive ketones (excluding diaryl/α,β-unsaturated/α-hetero) is 1. The maximum atomic E-state index is 11.8. The van der Waals surface area contributed by atoms with Crippen molar-refractivity contribution < 1.29 is 9.59 Å². The van der Waals surface area contributed by atoms with Crippen LogP contribution in [0.1, 0.15) is 29.2 Å². The quantitative estimate of drug-likeness (QED) is 0.848. The fourth-order valence-corrected chi connectivity index (χ4v) is 2.20. The number of benzene rings is 1. The van der Waals surface area contributed by atoms with Crippen LogP contribution in [0.15, 0.2) is 24.3 Å². The molecule has 0 fully saturated rings. The van der Waals surface area contributed by atoms with Gasteiger partial charge in [-0.2, -0.15) is 0 Å². The summed E-state index contributed by atoms with van der Waals surface area (Å²) in [5, 5.41) is 14.3. The summed E-state index contributed by atoms with van der Waals surface area (Å²) in [4.78, 5) is 23.1. The van der Waals surface area contributed by atoms with Crippen LogP contribution in [0.4, 0.5) is 15.6 Å². The van der Waals surface area contributed by atoms with Gasteiger partial charge in [-0.05, 0) is 25.5 Å². The fraction of sp³-hybridized carbons (Fsp3) is 0.231. The van der Waals surface area contributed by atoms with Gasteiger partial charge >= 0.3 is 6.03 Å². The Balaban J connectivity index is 2.00. The van der Waals surface area contributed by atoms with Gasteiger partial charge in [0.2, 0.25) is 5.13 Å². The Morgan fingerprint density at radius 3 is 2.70 bits per heavy atom. The molecule has 1 aromatic heterocycles. The van der Waals surface area contributed by atoms with E-state index in [2.05, 4.69) is 20.8 Å². The highest BCUT2D eigenvalue weighted by molar-refractivity contribution is 7.15. The third-order valence-electron chi connectivity index (χ3n) is 2.52. The number of hydrogen-bond acceptors (Lipinski definition) is 5. The number of carbonyl (C=O) groups is 2. The van der Waals surface area contributed by atoms with Gasteiger partial charge in [-0.15, -0.1) is 10.2 Å². The van der Waals surface area contributed by atoms with Crippen molar-refractivity contribution in [1.29, 1.82) is 0 Å². The van der Waals surface area contributed by atoms with Gasteiger partial charge in [-0.1, -0.05) is 30.4 Å². The van der Waals surface area contributed by atoms with E-state index in [-0.39, 0.29) is 5.78 Å². The molecule has 2 amide bonds. The van der Waals surface area contributed by atoms with Gasteiger partial charge in [-0.3, -0.25) is 10.1 Å². The first-order valence-electron chi connectivity index (χ1n) is 6.10. The minimum atomic E-state index is -0.412. The first-order valence-corrected chi connectivity index (χ1v) is 6.91. The van der Waals surface area contributed by atoms with Crippen molar-refractivity contribution in [3.05, 3.63) is 34.8 Å². The Bertz CT molecular complexity index is 639. The fourth-order valence-electron chi connectivity index (χ4n) is 1.52. The monoisotopic (exact) mass is 290 g/mol. The number of hydrogen-bond donors (Lipinski definition) is 2. The van der Waals surface area contributed by atoms with E-state index in [0.29, 0.717) is 16.4 Å². The van der Waals surface area contributed by atoms with Crippen LogP contribution in [0.2, 0.25) is 0 Å². The highest BCUT2D eigenvalue weighted by atomic mass is 32.1. The van der Waals surface area contributed by atoms with Crippen molar-refractivity contribution in [3.63, 3.8) is 0 Å². The predicted octanol–water partition coefficient (Wildman–Crippen LogP) is 2.95. The lowest BCUT2D eigenvalue weighted by atomic mass is 10.1. The molecule has 1 heterocycles. The van der Waals surface area contributed by atoms with Gasteiger partial charge in [-0.25, -0.2) is 4.79 Å². The molecule has 0 saturated carbocycles. The summed E-state index contributed by atoms with van der Waals surface area (Å²) < 4.78 is 0. The molecule has 0 unspecified atom stereocenters. The molecule has 0 radical (unpaired) electrons. The first-order chi connectivity index (χ1) is 9.58. The molecule has 2 rings (SSSR count). The predicted molar refractivity (Wildman–Crippen MR) is 78.4 cm³/mol. The minimum absolute atomic E-state index is 0.0502. The van der Waals surface area contributed by atoms with Gasteiger partial charge in [0.05, 0.1) is 0 Å². The highest BCUT2D eigenvalue weighted by Crippen LogP contribution is 2.16. The summed E-state index contributed by atoms with van der Waals surface area (Å²) in [6, 6.07) is 6.34. The maximum absolute atomic E-state index is 11.8. The van der Waals surface area contributed by atoms with E-state index in [9.17, 15) is 9.59 Å². The highest BCUT2D eigenvalue weighted by Gasteiger charge is 2.08. The summed E-state index contributed by atoms with van der Waals surface area (Å²) in [6.07, 6.45) is 0.779. The SMILES string of the molecule is CCc1nnc(NC(=O)Nc2cccc(C(C)=O)c2)s1. The van der Waals surface area contributed by atoms with Crippen LogP contribution >= 0.6 is 11.3 Å². The Kier molecular flexibility index (Phi) is 4.41. The molecule has 6 nitrogen and oxygen atoms in total. The molecule has 0 spiro atoms. The van der Waals surface area contributed by atoms with E-state index < -0.39 is 6.03 Å². The number of anilines is 2. The van der Waals surface area contributed by atoms with E-state index in [4.69, 9.17) is 0 Å².